The van der Waals surface area contributed by atoms with Crippen molar-refractivity contribution in [2.45, 2.75) is 25.9 Å². The second kappa shape index (κ2) is 10.6. The summed E-state index contributed by atoms with van der Waals surface area (Å²) in [6.07, 6.45) is 0. The molecule has 1 unspecified atom stereocenters. The predicted octanol–water partition coefficient (Wildman–Crippen LogP) is 7.04. The van der Waals surface area contributed by atoms with Gasteiger partial charge in [-0.1, -0.05) is 41.4 Å². The van der Waals surface area contributed by atoms with Crippen LogP contribution < -0.4 is 9.64 Å². The molecular weight excluding hydrogens is 554 g/mol. The van der Waals surface area contributed by atoms with Gasteiger partial charge in [0, 0.05) is 30.7 Å². The van der Waals surface area contributed by atoms with E-state index >= 15 is 4.39 Å². The Kier molecular flexibility index (Phi) is 7.33. The fourth-order valence-corrected chi connectivity index (χ4v) is 5.38. The lowest BCUT2D eigenvalue weighted by Crippen LogP contribution is -2.31. The molecule has 206 valence electrons. The summed E-state index contributed by atoms with van der Waals surface area (Å²) < 4.78 is 23.0. The van der Waals surface area contributed by atoms with Crippen LogP contribution in [0.5, 0.6) is 5.75 Å². The number of hydrogen-bond acceptors (Lipinski definition) is 4. The summed E-state index contributed by atoms with van der Waals surface area (Å²) in [6.45, 7) is 3.94. The highest BCUT2D eigenvalue weighted by atomic mass is 35.5. The molecule has 0 spiro atoms. The van der Waals surface area contributed by atoms with E-state index in [4.69, 9.17) is 32.9 Å². The van der Waals surface area contributed by atoms with Crippen molar-refractivity contribution in [3.8, 4) is 17.1 Å². The SMILES string of the molecule is COc1ccc(C(=O)N(C)C)cc1-c1nc2c(n1C(C)C)C(c1ccc(Cl)cc1)N(c1cccc(Cl)c1F)C2=O. The Morgan fingerprint density at radius 3 is 2.40 bits per heavy atom. The Morgan fingerprint density at radius 2 is 1.77 bits per heavy atom. The summed E-state index contributed by atoms with van der Waals surface area (Å²) in [5.41, 5.74) is 2.53. The summed E-state index contributed by atoms with van der Waals surface area (Å²) in [6, 6.07) is 15.8. The van der Waals surface area contributed by atoms with Gasteiger partial charge in [-0.05, 0) is 61.9 Å². The molecule has 2 heterocycles. The van der Waals surface area contributed by atoms with Gasteiger partial charge >= 0.3 is 0 Å². The average Bonchev–Trinajstić information content (AvgIpc) is 3.45. The number of benzene rings is 3. The highest BCUT2D eigenvalue weighted by molar-refractivity contribution is 6.31. The van der Waals surface area contributed by atoms with E-state index in [-0.39, 0.29) is 28.4 Å². The van der Waals surface area contributed by atoms with E-state index in [0.717, 1.165) is 0 Å². The van der Waals surface area contributed by atoms with E-state index in [1.807, 2.05) is 18.4 Å². The number of aromatic nitrogens is 2. The molecule has 3 aromatic carbocycles. The molecule has 1 atom stereocenters. The summed E-state index contributed by atoms with van der Waals surface area (Å²) in [5.74, 6) is -0.402. The Labute approximate surface area is 241 Å². The lowest BCUT2D eigenvalue weighted by molar-refractivity contribution is 0.0827. The van der Waals surface area contributed by atoms with Gasteiger partial charge in [0.05, 0.1) is 29.1 Å². The van der Waals surface area contributed by atoms with Gasteiger partial charge in [-0.3, -0.25) is 14.5 Å². The molecule has 0 radical (unpaired) electrons. The fraction of sp³-hybridized carbons (Fsp3) is 0.233. The van der Waals surface area contributed by atoms with Gasteiger partial charge in [0.2, 0.25) is 0 Å². The average molecular weight is 581 g/mol. The third-order valence-electron chi connectivity index (χ3n) is 6.87. The van der Waals surface area contributed by atoms with Gasteiger partial charge in [-0.15, -0.1) is 0 Å². The molecule has 0 bridgehead atoms. The minimum absolute atomic E-state index is 0.0449. The van der Waals surface area contributed by atoms with Crippen LogP contribution in [0, 0.1) is 5.82 Å². The number of amides is 2. The van der Waals surface area contributed by atoms with Gasteiger partial charge in [0.25, 0.3) is 11.8 Å². The van der Waals surface area contributed by atoms with E-state index in [1.165, 1.54) is 29.0 Å². The molecular formula is C30H27Cl2FN4O3. The van der Waals surface area contributed by atoms with Crippen molar-refractivity contribution in [2.24, 2.45) is 0 Å². The summed E-state index contributed by atoms with van der Waals surface area (Å²) in [5, 5.41) is 0.434. The molecule has 5 rings (SSSR count). The molecule has 40 heavy (non-hydrogen) atoms. The highest BCUT2D eigenvalue weighted by Gasteiger charge is 2.46. The molecule has 7 nitrogen and oxygen atoms in total. The van der Waals surface area contributed by atoms with E-state index < -0.39 is 17.8 Å². The van der Waals surface area contributed by atoms with Gasteiger partial charge in [-0.2, -0.15) is 0 Å². The van der Waals surface area contributed by atoms with Crippen LogP contribution in [0.25, 0.3) is 11.4 Å². The van der Waals surface area contributed by atoms with Crippen molar-refractivity contribution >= 4 is 40.7 Å². The number of fused-ring (bicyclic) bond motifs is 1. The number of carbonyl (C=O) groups is 2. The number of nitrogens with zero attached hydrogens (tertiary/aromatic N) is 4. The molecule has 1 aromatic heterocycles. The van der Waals surface area contributed by atoms with Crippen molar-refractivity contribution in [1.82, 2.24) is 14.5 Å². The van der Waals surface area contributed by atoms with E-state index in [2.05, 4.69) is 0 Å². The van der Waals surface area contributed by atoms with Crippen molar-refractivity contribution in [2.75, 3.05) is 26.1 Å². The second-order valence-corrected chi connectivity index (χ2v) is 10.8. The Bertz CT molecular complexity index is 1630. The van der Waals surface area contributed by atoms with Gasteiger partial charge in [0.1, 0.15) is 17.6 Å². The zero-order valence-electron chi connectivity index (χ0n) is 22.6. The number of methoxy groups -OCH3 is 1. The van der Waals surface area contributed by atoms with Gasteiger partial charge in [0.15, 0.2) is 11.5 Å². The zero-order chi connectivity index (χ0) is 28.9. The monoisotopic (exact) mass is 580 g/mol. The second-order valence-electron chi connectivity index (χ2n) is 9.95. The topological polar surface area (TPSA) is 67.7 Å². The molecule has 0 N–H and O–H groups in total. The van der Waals surface area contributed by atoms with Crippen molar-refractivity contribution in [1.29, 1.82) is 0 Å². The number of carbonyl (C=O) groups excluding carboxylic acids is 2. The summed E-state index contributed by atoms with van der Waals surface area (Å²) in [4.78, 5) is 34.6. The van der Waals surface area contributed by atoms with Crippen LogP contribution in [0.15, 0.2) is 60.7 Å². The molecule has 1 aliphatic heterocycles. The van der Waals surface area contributed by atoms with Crippen LogP contribution in [0.2, 0.25) is 10.0 Å². The maximum Gasteiger partial charge on any atom is 0.279 e. The van der Waals surface area contributed by atoms with Crippen molar-refractivity contribution in [3.05, 3.63) is 99.0 Å². The molecule has 0 saturated carbocycles. The number of rotatable bonds is 6. The highest BCUT2D eigenvalue weighted by Crippen LogP contribution is 2.46. The molecule has 1 aliphatic rings. The van der Waals surface area contributed by atoms with Gasteiger partial charge in [-0.25, -0.2) is 9.37 Å². The van der Waals surface area contributed by atoms with Crippen molar-refractivity contribution in [3.63, 3.8) is 0 Å². The van der Waals surface area contributed by atoms with Crippen LogP contribution in [0.4, 0.5) is 10.1 Å². The number of imidazole rings is 1. The fourth-order valence-electron chi connectivity index (χ4n) is 5.08. The number of anilines is 1. The largest absolute Gasteiger partial charge is 0.496 e. The van der Waals surface area contributed by atoms with Crippen LogP contribution in [-0.2, 0) is 0 Å². The van der Waals surface area contributed by atoms with Gasteiger partial charge < -0.3 is 14.2 Å². The van der Waals surface area contributed by atoms with E-state index in [0.29, 0.717) is 39.0 Å². The molecule has 0 saturated heterocycles. The quantitative estimate of drug-likeness (QED) is 0.245. The molecule has 0 fully saturated rings. The maximum atomic E-state index is 15.4. The lowest BCUT2D eigenvalue weighted by Gasteiger charge is -2.29. The molecule has 4 aromatic rings. The van der Waals surface area contributed by atoms with Crippen LogP contribution >= 0.6 is 23.2 Å². The van der Waals surface area contributed by atoms with Crippen molar-refractivity contribution < 1.29 is 18.7 Å². The first-order valence-corrected chi connectivity index (χ1v) is 13.4. The Balaban J connectivity index is 1.79. The zero-order valence-corrected chi connectivity index (χ0v) is 24.1. The van der Waals surface area contributed by atoms with Crippen LogP contribution in [0.1, 0.15) is 58.0 Å². The summed E-state index contributed by atoms with van der Waals surface area (Å²) in [7, 11) is 4.89. The summed E-state index contributed by atoms with van der Waals surface area (Å²) >= 11 is 12.3. The van der Waals surface area contributed by atoms with Crippen LogP contribution in [0.3, 0.4) is 0 Å². The molecule has 0 aliphatic carbocycles. The van der Waals surface area contributed by atoms with Crippen LogP contribution in [-0.4, -0.2) is 47.5 Å². The molecule has 2 amide bonds. The standard InChI is InChI=1S/C30H27Cl2FN4O3/c1-16(2)36-27-25(34-28(36)20-15-18(29(38)35(3)4)11-14-23(20)40-5)30(39)37(22-8-6-7-21(32)24(22)33)26(27)17-9-12-19(31)13-10-17/h6-16,26H,1-5H3. The molecule has 10 heteroatoms. The third kappa shape index (κ3) is 4.51. The number of hydrogen-bond donors (Lipinski definition) is 0. The number of ether oxygens (including phenoxy) is 1. The van der Waals surface area contributed by atoms with E-state index in [9.17, 15) is 9.59 Å². The first-order valence-electron chi connectivity index (χ1n) is 12.6. The normalized spacial score (nSPS) is 14.6. The third-order valence-corrected chi connectivity index (χ3v) is 7.42. The smallest absolute Gasteiger partial charge is 0.279 e. The number of halogens is 3. The lowest BCUT2D eigenvalue weighted by atomic mass is 10.0. The van der Waals surface area contributed by atoms with E-state index in [1.54, 1.807) is 62.6 Å². The minimum Gasteiger partial charge on any atom is -0.496 e. The Morgan fingerprint density at radius 1 is 1.07 bits per heavy atom. The Hall–Kier alpha value is -3.88. The first kappa shape index (κ1) is 27.7. The first-order chi connectivity index (χ1) is 19.0. The maximum absolute atomic E-state index is 15.4. The predicted molar refractivity (Wildman–Crippen MR) is 154 cm³/mol. The minimum atomic E-state index is -0.728.